The predicted octanol–water partition coefficient (Wildman–Crippen LogP) is 2.16. The fourth-order valence-electron chi connectivity index (χ4n) is 3.52. The van der Waals surface area contributed by atoms with Gasteiger partial charge in [0.25, 0.3) is 5.91 Å². The van der Waals surface area contributed by atoms with Crippen LogP contribution in [-0.4, -0.2) is 89.2 Å². The molecule has 31 heavy (non-hydrogen) atoms. The van der Waals surface area contributed by atoms with Crippen LogP contribution in [0.2, 0.25) is 0 Å². The van der Waals surface area contributed by atoms with E-state index in [2.05, 4.69) is 17.1 Å². The molecule has 2 saturated heterocycles. The Kier molecular flexibility index (Phi) is 7.81. The van der Waals surface area contributed by atoms with Crippen molar-refractivity contribution in [1.82, 2.24) is 14.7 Å². The molecule has 3 rings (SSSR count). The molecule has 2 aliphatic rings. The summed E-state index contributed by atoms with van der Waals surface area (Å²) in [6.07, 6.45) is 2.65. The third-order valence-corrected chi connectivity index (χ3v) is 5.52. The van der Waals surface area contributed by atoms with E-state index in [4.69, 9.17) is 9.84 Å². The summed E-state index contributed by atoms with van der Waals surface area (Å²) in [7, 11) is 0. The van der Waals surface area contributed by atoms with Crippen LogP contribution < -0.4 is 0 Å². The maximum absolute atomic E-state index is 13.1. The van der Waals surface area contributed by atoms with Crippen molar-refractivity contribution in [2.45, 2.75) is 32.5 Å². The molecule has 0 aliphatic carbocycles. The van der Waals surface area contributed by atoms with E-state index in [0.29, 0.717) is 25.4 Å². The lowest BCUT2D eigenvalue weighted by atomic mass is 10.1. The number of carboxylic acids is 1. The first-order valence-electron chi connectivity index (χ1n) is 10.8. The first-order chi connectivity index (χ1) is 14.9. The number of epoxide rings is 1. The summed E-state index contributed by atoms with van der Waals surface area (Å²) < 4.78 is 4.99. The fraction of sp³-hybridized carbons (Fsp3) is 0.522. The summed E-state index contributed by atoms with van der Waals surface area (Å²) in [4.78, 5) is 41.9. The molecule has 0 bridgehead atoms. The van der Waals surface area contributed by atoms with E-state index >= 15 is 0 Å². The monoisotopic (exact) mass is 429 g/mol. The van der Waals surface area contributed by atoms with Crippen molar-refractivity contribution >= 4 is 24.0 Å². The summed E-state index contributed by atoms with van der Waals surface area (Å²) in [5.74, 6) is -1.41. The number of carboxylic acid groups (broad SMARTS) is 1. The van der Waals surface area contributed by atoms with E-state index in [1.807, 2.05) is 44.2 Å². The molecule has 2 heterocycles. The molecule has 2 unspecified atom stereocenters. The summed E-state index contributed by atoms with van der Waals surface area (Å²) in [5.41, 5.74) is 1.15. The second kappa shape index (κ2) is 10.5. The smallest absolute Gasteiger partial charge is 0.336 e. The molecule has 1 aromatic carbocycles. The number of urea groups is 1. The Balaban J connectivity index is 1.52. The minimum absolute atomic E-state index is 0.265. The fourth-order valence-corrected chi connectivity index (χ4v) is 3.52. The molecular formula is C23H31N3O5. The highest BCUT2D eigenvalue weighted by molar-refractivity contribution is 6.01. The van der Waals surface area contributed by atoms with E-state index in [1.54, 1.807) is 4.90 Å². The highest BCUT2D eigenvalue weighted by Gasteiger charge is 2.53. The number of carbonyl (C=O) groups excluding carboxylic acids is 2. The lowest BCUT2D eigenvalue weighted by molar-refractivity contribution is -0.139. The quantitative estimate of drug-likeness (QED) is 0.637. The van der Waals surface area contributed by atoms with E-state index in [0.717, 1.165) is 25.2 Å². The molecule has 1 N–H and O–H groups in total. The van der Waals surface area contributed by atoms with Crippen molar-refractivity contribution in [3.05, 3.63) is 42.0 Å². The number of hydrogen-bond acceptors (Lipinski definition) is 5. The normalized spacial score (nSPS) is 21.5. The topological polar surface area (TPSA) is 93.7 Å². The van der Waals surface area contributed by atoms with Gasteiger partial charge in [-0.1, -0.05) is 56.3 Å². The van der Waals surface area contributed by atoms with Gasteiger partial charge in [-0.15, -0.1) is 0 Å². The van der Waals surface area contributed by atoms with Crippen molar-refractivity contribution in [3.8, 4) is 0 Å². The van der Waals surface area contributed by atoms with Crippen molar-refractivity contribution in [1.29, 1.82) is 0 Å². The summed E-state index contributed by atoms with van der Waals surface area (Å²) in [6, 6.07) is 9.73. The predicted molar refractivity (Wildman–Crippen MR) is 116 cm³/mol. The van der Waals surface area contributed by atoms with Crippen LogP contribution in [0.15, 0.2) is 36.4 Å². The first kappa shape index (κ1) is 23.0. The molecule has 2 atom stereocenters. The average Bonchev–Trinajstić information content (AvgIpc) is 3.56. The number of nitrogens with zero attached hydrogens (tertiary/aromatic N) is 3. The van der Waals surface area contributed by atoms with Gasteiger partial charge in [0.1, 0.15) is 0 Å². The van der Waals surface area contributed by atoms with Gasteiger partial charge >= 0.3 is 12.0 Å². The van der Waals surface area contributed by atoms with Crippen molar-refractivity contribution in [2.75, 3.05) is 39.3 Å². The van der Waals surface area contributed by atoms with Crippen LogP contribution in [-0.2, 0) is 14.3 Å². The number of ether oxygens (including phenoxy) is 1. The third kappa shape index (κ3) is 6.38. The Morgan fingerprint density at radius 1 is 1.13 bits per heavy atom. The zero-order chi connectivity index (χ0) is 22.4. The van der Waals surface area contributed by atoms with Crippen LogP contribution in [0.25, 0.3) is 6.08 Å². The van der Waals surface area contributed by atoms with E-state index in [1.165, 1.54) is 4.90 Å². The van der Waals surface area contributed by atoms with Crippen LogP contribution in [0.4, 0.5) is 4.79 Å². The lowest BCUT2D eigenvalue weighted by Crippen LogP contribution is -2.55. The first-order valence-corrected chi connectivity index (χ1v) is 10.8. The van der Waals surface area contributed by atoms with E-state index in [-0.39, 0.29) is 12.6 Å². The summed E-state index contributed by atoms with van der Waals surface area (Å²) >= 11 is 0. The van der Waals surface area contributed by atoms with Gasteiger partial charge in [-0.2, -0.15) is 0 Å². The number of piperazine rings is 1. The van der Waals surface area contributed by atoms with Gasteiger partial charge in [0.05, 0.1) is 0 Å². The van der Waals surface area contributed by atoms with E-state index in [9.17, 15) is 14.4 Å². The van der Waals surface area contributed by atoms with Gasteiger partial charge in [0, 0.05) is 39.3 Å². The second-order valence-electron chi connectivity index (χ2n) is 8.37. The molecule has 1 aromatic rings. The Labute approximate surface area is 183 Å². The minimum Gasteiger partial charge on any atom is -0.479 e. The number of imide groups is 1. The van der Waals surface area contributed by atoms with Gasteiger partial charge < -0.3 is 14.7 Å². The van der Waals surface area contributed by atoms with Gasteiger partial charge in [-0.25, -0.2) is 9.59 Å². The third-order valence-electron chi connectivity index (χ3n) is 5.52. The SMILES string of the molecule is CC(C)CCN(C(=O)C1OC1C(=O)O)C(=O)N1CCN(CC=Cc2ccccc2)CC1. The molecule has 2 aliphatic heterocycles. The number of rotatable bonds is 8. The maximum Gasteiger partial charge on any atom is 0.336 e. The van der Waals surface area contributed by atoms with Crippen molar-refractivity contribution < 1.29 is 24.2 Å². The molecule has 0 aromatic heterocycles. The van der Waals surface area contributed by atoms with Crippen molar-refractivity contribution in [3.63, 3.8) is 0 Å². The largest absolute Gasteiger partial charge is 0.479 e. The molecule has 168 valence electrons. The molecule has 8 heteroatoms. The molecule has 0 radical (unpaired) electrons. The molecular weight excluding hydrogens is 398 g/mol. The zero-order valence-corrected chi connectivity index (χ0v) is 18.1. The summed E-state index contributed by atoms with van der Waals surface area (Å²) in [6.45, 7) is 7.58. The lowest BCUT2D eigenvalue weighted by Gasteiger charge is -2.36. The number of hydrogen-bond donors (Lipinski definition) is 1. The van der Waals surface area contributed by atoms with Crippen LogP contribution in [0.5, 0.6) is 0 Å². The zero-order valence-electron chi connectivity index (χ0n) is 18.1. The van der Waals surface area contributed by atoms with Crippen LogP contribution in [0, 0.1) is 5.92 Å². The molecule has 8 nitrogen and oxygen atoms in total. The molecule has 0 spiro atoms. The number of carbonyl (C=O) groups is 3. The Morgan fingerprint density at radius 3 is 2.39 bits per heavy atom. The Hall–Kier alpha value is -2.71. The Bertz CT molecular complexity index is 803. The highest BCUT2D eigenvalue weighted by atomic mass is 16.6. The maximum atomic E-state index is 13.1. The van der Waals surface area contributed by atoms with Gasteiger partial charge in [-0.3, -0.25) is 14.6 Å². The van der Waals surface area contributed by atoms with Gasteiger partial charge in [0.2, 0.25) is 0 Å². The average molecular weight is 430 g/mol. The standard InChI is InChI=1S/C23H31N3O5/c1-17(2)10-12-26(21(27)19-20(31-19)22(28)29)23(30)25-15-13-24(14-16-25)11-6-9-18-7-4-3-5-8-18/h3-9,17,19-20H,10-16H2,1-2H3,(H,28,29). The minimum atomic E-state index is -1.17. The number of benzene rings is 1. The van der Waals surface area contributed by atoms with Crippen LogP contribution in [0.3, 0.4) is 0 Å². The number of amides is 3. The second-order valence-corrected chi connectivity index (χ2v) is 8.37. The van der Waals surface area contributed by atoms with Crippen LogP contribution in [0.1, 0.15) is 25.8 Å². The highest BCUT2D eigenvalue weighted by Crippen LogP contribution is 2.25. The Morgan fingerprint density at radius 2 is 1.81 bits per heavy atom. The van der Waals surface area contributed by atoms with Gasteiger partial charge in [0.15, 0.2) is 12.2 Å². The van der Waals surface area contributed by atoms with E-state index < -0.39 is 24.1 Å². The van der Waals surface area contributed by atoms with Crippen LogP contribution >= 0.6 is 0 Å². The summed E-state index contributed by atoms with van der Waals surface area (Å²) in [5, 5.41) is 9.03. The molecule has 3 amide bonds. The molecule has 0 saturated carbocycles. The number of aliphatic carboxylic acids is 1. The van der Waals surface area contributed by atoms with Gasteiger partial charge in [-0.05, 0) is 17.9 Å². The van der Waals surface area contributed by atoms with Crippen molar-refractivity contribution in [2.24, 2.45) is 5.92 Å². The molecule has 2 fully saturated rings.